The van der Waals surface area contributed by atoms with Crippen molar-refractivity contribution in [2.45, 2.75) is 77.6 Å². The van der Waals surface area contributed by atoms with E-state index in [4.69, 9.17) is 0 Å². The van der Waals surface area contributed by atoms with Crippen LogP contribution < -0.4 is 0 Å². The summed E-state index contributed by atoms with van der Waals surface area (Å²) in [5.41, 5.74) is 0. The lowest BCUT2D eigenvalue weighted by Gasteiger charge is -2.00. The lowest BCUT2D eigenvalue weighted by Crippen LogP contribution is -1.80. The Labute approximate surface area is 103 Å². The van der Waals surface area contributed by atoms with Crippen molar-refractivity contribution in [2.75, 3.05) is 0 Å². The predicted molar refractivity (Wildman–Crippen MR) is 74.4 cm³/mol. The summed E-state index contributed by atoms with van der Waals surface area (Å²) in [5.74, 6) is 6.28. The monoisotopic (exact) mass is 220 g/mol. The fourth-order valence-corrected chi connectivity index (χ4v) is 1.76. The summed E-state index contributed by atoms with van der Waals surface area (Å²) < 4.78 is 0. The molecular formula is C16H28. The van der Waals surface area contributed by atoms with Crippen LogP contribution in [-0.2, 0) is 0 Å². The third-order valence-corrected chi connectivity index (χ3v) is 2.78. The number of rotatable bonds is 10. The van der Waals surface area contributed by atoms with Gasteiger partial charge in [-0.25, -0.2) is 0 Å². The van der Waals surface area contributed by atoms with Crippen LogP contribution >= 0.6 is 0 Å². The number of hydrogen-bond donors (Lipinski definition) is 0. The van der Waals surface area contributed by atoms with Crippen molar-refractivity contribution < 1.29 is 0 Å². The number of hydrogen-bond acceptors (Lipinski definition) is 0. The molecule has 0 heteroatoms. The molecule has 0 spiro atoms. The Morgan fingerprint density at radius 2 is 1.38 bits per heavy atom. The van der Waals surface area contributed by atoms with Crippen LogP contribution in [0, 0.1) is 11.8 Å². The molecule has 0 atom stereocenters. The van der Waals surface area contributed by atoms with E-state index in [2.05, 4.69) is 25.3 Å². The van der Waals surface area contributed by atoms with Crippen molar-refractivity contribution in [1.29, 1.82) is 0 Å². The SMILES string of the molecule is C=CCC#CCCCCCCCCCCC. The second-order valence-electron chi connectivity index (χ2n) is 4.42. The third kappa shape index (κ3) is 13.3. The topological polar surface area (TPSA) is 0 Å². The van der Waals surface area contributed by atoms with Crippen molar-refractivity contribution >= 4 is 0 Å². The highest BCUT2D eigenvalue weighted by molar-refractivity contribution is 5.02. The standard InChI is InChI=1S/C16H28/c1-3-5-7-9-11-13-15-16-14-12-10-8-6-4-2/h3H,1,4-6,8,10-16H2,2H3. The van der Waals surface area contributed by atoms with Gasteiger partial charge in [0.2, 0.25) is 0 Å². The molecule has 0 radical (unpaired) electrons. The quantitative estimate of drug-likeness (QED) is 0.259. The van der Waals surface area contributed by atoms with E-state index in [0.29, 0.717) is 0 Å². The summed E-state index contributed by atoms with van der Waals surface area (Å²) >= 11 is 0. The molecule has 0 fully saturated rings. The maximum absolute atomic E-state index is 3.65. The maximum Gasteiger partial charge on any atom is 0.0267 e. The van der Waals surface area contributed by atoms with Crippen molar-refractivity contribution in [2.24, 2.45) is 0 Å². The molecule has 0 saturated heterocycles. The van der Waals surface area contributed by atoms with E-state index in [1.165, 1.54) is 57.8 Å². The van der Waals surface area contributed by atoms with Gasteiger partial charge in [-0.15, -0.1) is 12.5 Å². The van der Waals surface area contributed by atoms with Gasteiger partial charge in [-0.05, 0) is 6.42 Å². The van der Waals surface area contributed by atoms with E-state index in [-0.39, 0.29) is 0 Å². The van der Waals surface area contributed by atoms with Crippen LogP contribution in [0.5, 0.6) is 0 Å². The normalized spacial score (nSPS) is 9.56. The fourth-order valence-electron chi connectivity index (χ4n) is 1.76. The molecule has 0 aromatic carbocycles. The maximum atomic E-state index is 3.65. The van der Waals surface area contributed by atoms with Crippen molar-refractivity contribution in [1.82, 2.24) is 0 Å². The summed E-state index contributed by atoms with van der Waals surface area (Å²) in [5, 5.41) is 0. The minimum Gasteiger partial charge on any atom is -0.103 e. The molecule has 92 valence electrons. The highest BCUT2D eigenvalue weighted by Crippen LogP contribution is 2.10. The molecule has 0 N–H and O–H groups in total. The molecule has 0 saturated carbocycles. The minimum atomic E-state index is 0.845. The van der Waals surface area contributed by atoms with E-state index in [9.17, 15) is 0 Å². The summed E-state index contributed by atoms with van der Waals surface area (Å²) in [4.78, 5) is 0. The number of unbranched alkanes of at least 4 members (excludes halogenated alkanes) is 9. The van der Waals surface area contributed by atoms with Gasteiger partial charge in [-0.2, -0.15) is 0 Å². The second kappa shape index (κ2) is 14.3. The van der Waals surface area contributed by atoms with E-state index in [1.54, 1.807) is 0 Å². The van der Waals surface area contributed by atoms with Crippen LogP contribution in [0.25, 0.3) is 0 Å². The average molecular weight is 220 g/mol. The van der Waals surface area contributed by atoms with E-state index >= 15 is 0 Å². The molecule has 0 bridgehead atoms. The Hall–Kier alpha value is -0.700. The van der Waals surface area contributed by atoms with Gasteiger partial charge in [0.05, 0.1) is 0 Å². The Morgan fingerprint density at radius 1 is 0.812 bits per heavy atom. The molecule has 0 amide bonds. The third-order valence-electron chi connectivity index (χ3n) is 2.78. The largest absolute Gasteiger partial charge is 0.103 e. The Bertz CT molecular complexity index is 192. The van der Waals surface area contributed by atoms with Gasteiger partial charge < -0.3 is 0 Å². The lowest BCUT2D eigenvalue weighted by atomic mass is 10.1. The molecule has 0 nitrogen and oxygen atoms in total. The van der Waals surface area contributed by atoms with Gasteiger partial charge in [0, 0.05) is 12.8 Å². The van der Waals surface area contributed by atoms with Crippen LogP contribution in [0.4, 0.5) is 0 Å². The molecule has 0 aromatic heterocycles. The smallest absolute Gasteiger partial charge is 0.0267 e. The van der Waals surface area contributed by atoms with Crippen LogP contribution in [0.2, 0.25) is 0 Å². The zero-order valence-electron chi connectivity index (χ0n) is 11.1. The van der Waals surface area contributed by atoms with E-state index in [1.807, 2.05) is 6.08 Å². The average Bonchev–Trinajstić information content (AvgIpc) is 2.31. The summed E-state index contributed by atoms with van der Waals surface area (Å²) in [7, 11) is 0. The second-order valence-corrected chi connectivity index (χ2v) is 4.42. The van der Waals surface area contributed by atoms with Crippen molar-refractivity contribution in [3.05, 3.63) is 12.7 Å². The summed E-state index contributed by atoms with van der Waals surface area (Å²) in [6.07, 6.45) is 16.3. The van der Waals surface area contributed by atoms with Crippen molar-refractivity contribution in [3.63, 3.8) is 0 Å². The van der Waals surface area contributed by atoms with Gasteiger partial charge in [-0.3, -0.25) is 0 Å². The van der Waals surface area contributed by atoms with Gasteiger partial charge in [-0.1, -0.05) is 70.3 Å². The molecular weight excluding hydrogens is 192 g/mol. The molecule has 0 aromatic rings. The van der Waals surface area contributed by atoms with Crippen LogP contribution in [0.15, 0.2) is 12.7 Å². The van der Waals surface area contributed by atoms with Crippen molar-refractivity contribution in [3.8, 4) is 11.8 Å². The highest BCUT2D eigenvalue weighted by Gasteiger charge is 1.90. The van der Waals surface area contributed by atoms with Crippen LogP contribution in [0.3, 0.4) is 0 Å². The predicted octanol–water partition coefficient (Wildman–Crippen LogP) is 5.49. The van der Waals surface area contributed by atoms with Gasteiger partial charge in [0.25, 0.3) is 0 Å². The minimum absolute atomic E-state index is 0.845. The Balaban J connectivity index is 2.99. The Kier molecular flexibility index (Phi) is 13.7. The lowest BCUT2D eigenvalue weighted by molar-refractivity contribution is 0.567. The first kappa shape index (κ1) is 15.3. The molecule has 0 aliphatic heterocycles. The first-order chi connectivity index (χ1) is 7.91. The molecule has 0 rings (SSSR count). The summed E-state index contributed by atoms with van der Waals surface area (Å²) in [6, 6.07) is 0. The van der Waals surface area contributed by atoms with Gasteiger partial charge >= 0.3 is 0 Å². The zero-order chi connectivity index (χ0) is 11.9. The zero-order valence-corrected chi connectivity index (χ0v) is 11.1. The highest BCUT2D eigenvalue weighted by atomic mass is 14.0. The van der Waals surface area contributed by atoms with Gasteiger partial charge in [0.15, 0.2) is 0 Å². The first-order valence-electron chi connectivity index (χ1n) is 6.98. The summed E-state index contributed by atoms with van der Waals surface area (Å²) in [6.45, 7) is 5.92. The Morgan fingerprint density at radius 3 is 1.94 bits per heavy atom. The molecule has 0 aliphatic rings. The molecule has 16 heavy (non-hydrogen) atoms. The van der Waals surface area contributed by atoms with E-state index < -0.39 is 0 Å². The molecule has 0 unspecified atom stereocenters. The molecule has 0 aliphatic carbocycles. The number of allylic oxidation sites excluding steroid dienone is 1. The van der Waals surface area contributed by atoms with Crippen LogP contribution in [0.1, 0.15) is 77.6 Å². The van der Waals surface area contributed by atoms with Crippen LogP contribution in [-0.4, -0.2) is 0 Å². The molecule has 0 heterocycles. The first-order valence-corrected chi connectivity index (χ1v) is 6.98. The van der Waals surface area contributed by atoms with E-state index in [0.717, 1.165) is 12.8 Å². The fraction of sp³-hybridized carbons (Fsp3) is 0.750. The van der Waals surface area contributed by atoms with Gasteiger partial charge in [0.1, 0.15) is 0 Å².